The van der Waals surface area contributed by atoms with Crippen LogP contribution < -0.4 is 16.2 Å². The predicted octanol–water partition coefficient (Wildman–Crippen LogP) is 3.96. The predicted molar refractivity (Wildman–Crippen MR) is 106 cm³/mol. The van der Waals surface area contributed by atoms with E-state index >= 15 is 0 Å². The van der Waals surface area contributed by atoms with Crippen molar-refractivity contribution < 1.29 is 4.74 Å². The molecule has 4 aromatic rings. The van der Waals surface area contributed by atoms with Crippen LogP contribution in [0.2, 0.25) is 0 Å². The maximum atomic E-state index is 5.97. The highest BCUT2D eigenvalue weighted by Gasteiger charge is 2.06. The van der Waals surface area contributed by atoms with Crippen molar-refractivity contribution in [2.45, 2.75) is 12.8 Å². The van der Waals surface area contributed by atoms with Crippen LogP contribution in [-0.2, 0) is 6.42 Å². The highest BCUT2D eigenvalue weighted by Crippen LogP contribution is 2.25. The van der Waals surface area contributed by atoms with E-state index in [2.05, 4.69) is 16.0 Å². The number of aromatic nitrogens is 2. The van der Waals surface area contributed by atoms with Gasteiger partial charge in [-0.15, -0.1) is 0 Å². The van der Waals surface area contributed by atoms with Crippen molar-refractivity contribution >= 4 is 33.4 Å². The quantitative estimate of drug-likeness (QED) is 0.535. The van der Waals surface area contributed by atoms with E-state index in [4.69, 9.17) is 16.2 Å². The monoisotopic (exact) mass is 344 g/mol. The van der Waals surface area contributed by atoms with Gasteiger partial charge < -0.3 is 16.2 Å². The molecule has 0 spiro atoms. The number of benzene rings is 2. The molecule has 0 saturated heterocycles. The van der Waals surface area contributed by atoms with Gasteiger partial charge in [0.05, 0.1) is 12.1 Å². The molecule has 0 fully saturated rings. The summed E-state index contributed by atoms with van der Waals surface area (Å²) in [7, 11) is 0. The molecule has 0 bridgehead atoms. The lowest BCUT2D eigenvalue weighted by Gasteiger charge is -2.10. The Morgan fingerprint density at radius 3 is 2.15 bits per heavy atom. The van der Waals surface area contributed by atoms with Crippen LogP contribution in [0.25, 0.3) is 21.8 Å². The molecule has 130 valence electrons. The number of nitrogens with two attached hydrogens (primary N) is 2. The van der Waals surface area contributed by atoms with Crippen molar-refractivity contribution in [1.29, 1.82) is 0 Å². The number of nitrogen functional groups attached to an aromatic ring is 2. The van der Waals surface area contributed by atoms with Crippen molar-refractivity contribution in [2.75, 3.05) is 18.1 Å². The number of hydrogen-bond donors (Lipinski definition) is 2. The van der Waals surface area contributed by atoms with Gasteiger partial charge >= 0.3 is 0 Å². The van der Waals surface area contributed by atoms with E-state index < -0.39 is 0 Å². The lowest BCUT2D eigenvalue weighted by molar-refractivity contribution is 0.314. The number of hydrogen-bond acceptors (Lipinski definition) is 5. The standard InChI is InChI=1S/C21H20N4O/c22-18-11-9-15-5-1-4-14(20(15)24-18)7-3-13-26-17-8-2-6-16-10-12-19(23)25-21(16)17/h1-2,4-6,8-12H,3,7,13H2,(H2,22,24)(H2,23,25). The number of ether oxygens (including phenoxy) is 1. The first kappa shape index (κ1) is 16.1. The largest absolute Gasteiger partial charge is 0.491 e. The van der Waals surface area contributed by atoms with Crippen molar-refractivity contribution in [1.82, 2.24) is 9.97 Å². The van der Waals surface area contributed by atoms with E-state index in [9.17, 15) is 0 Å². The van der Waals surface area contributed by atoms with Gasteiger partial charge in [0.2, 0.25) is 0 Å². The van der Waals surface area contributed by atoms with Crippen LogP contribution in [0.15, 0.2) is 60.7 Å². The van der Waals surface area contributed by atoms with E-state index in [-0.39, 0.29) is 0 Å². The van der Waals surface area contributed by atoms with Crippen LogP contribution in [0.3, 0.4) is 0 Å². The summed E-state index contributed by atoms with van der Waals surface area (Å²) in [6.07, 6.45) is 1.74. The molecule has 0 unspecified atom stereocenters. The smallest absolute Gasteiger partial charge is 0.145 e. The van der Waals surface area contributed by atoms with Crippen LogP contribution in [-0.4, -0.2) is 16.6 Å². The minimum atomic E-state index is 0.493. The molecular formula is C21H20N4O. The second kappa shape index (κ2) is 6.88. The number of fused-ring (bicyclic) bond motifs is 2. The van der Waals surface area contributed by atoms with Gasteiger partial charge in [-0.25, -0.2) is 9.97 Å². The Balaban J connectivity index is 1.47. The molecule has 0 atom stereocenters. The third-order valence-electron chi connectivity index (χ3n) is 4.38. The molecule has 0 radical (unpaired) electrons. The van der Waals surface area contributed by atoms with Crippen LogP contribution in [0.4, 0.5) is 11.6 Å². The van der Waals surface area contributed by atoms with Crippen molar-refractivity contribution in [3.05, 3.63) is 66.2 Å². The number of pyridine rings is 2. The van der Waals surface area contributed by atoms with Gasteiger partial charge in [-0.3, -0.25) is 0 Å². The highest BCUT2D eigenvalue weighted by molar-refractivity contribution is 5.85. The zero-order chi connectivity index (χ0) is 17.9. The van der Waals surface area contributed by atoms with Crippen molar-refractivity contribution in [2.24, 2.45) is 0 Å². The molecule has 5 nitrogen and oxygen atoms in total. The molecule has 2 aromatic heterocycles. The average molecular weight is 344 g/mol. The first-order chi connectivity index (χ1) is 12.7. The average Bonchev–Trinajstić information content (AvgIpc) is 2.65. The number of para-hydroxylation sites is 2. The number of nitrogens with zero attached hydrogens (tertiary/aromatic N) is 2. The van der Waals surface area contributed by atoms with Gasteiger partial charge in [0.15, 0.2) is 0 Å². The van der Waals surface area contributed by atoms with Gasteiger partial charge in [0, 0.05) is 10.8 Å². The molecule has 4 N–H and O–H groups in total. The Morgan fingerprint density at radius 2 is 1.38 bits per heavy atom. The molecule has 0 aliphatic carbocycles. The van der Waals surface area contributed by atoms with Gasteiger partial charge in [-0.1, -0.05) is 30.3 Å². The normalized spacial score (nSPS) is 11.1. The molecule has 0 aliphatic heterocycles. The summed E-state index contributed by atoms with van der Waals surface area (Å²) in [5, 5.41) is 2.12. The zero-order valence-electron chi connectivity index (χ0n) is 14.4. The summed E-state index contributed by atoms with van der Waals surface area (Å²) < 4.78 is 5.97. The van der Waals surface area contributed by atoms with Crippen molar-refractivity contribution in [3.63, 3.8) is 0 Å². The molecule has 5 heteroatoms. The lowest BCUT2D eigenvalue weighted by atomic mass is 10.1. The maximum Gasteiger partial charge on any atom is 0.145 e. The van der Waals surface area contributed by atoms with E-state index in [1.165, 1.54) is 5.56 Å². The highest BCUT2D eigenvalue weighted by atomic mass is 16.5. The summed E-state index contributed by atoms with van der Waals surface area (Å²) in [5.74, 6) is 1.80. The number of aryl methyl sites for hydroxylation is 1. The van der Waals surface area contributed by atoms with Gasteiger partial charge in [0.25, 0.3) is 0 Å². The molecule has 4 rings (SSSR count). The number of anilines is 2. The molecule has 2 aromatic carbocycles. The third-order valence-corrected chi connectivity index (χ3v) is 4.38. The SMILES string of the molecule is Nc1ccc2cccc(CCCOc3cccc4ccc(N)nc34)c2n1. The molecule has 0 aliphatic rings. The second-order valence-corrected chi connectivity index (χ2v) is 6.24. The number of rotatable bonds is 5. The molecular weight excluding hydrogens is 324 g/mol. The Hall–Kier alpha value is -3.34. The Bertz CT molecular complexity index is 991. The Labute approximate surface area is 151 Å². The second-order valence-electron chi connectivity index (χ2n) is 6.24. The minimum absolute atomic E-state index is 0.493. The molecule has 2 heterocycles. The summed E-state index contributed by atoms with van der Waals surface area (Å²) in [5.41, 5.74) is 14.6. The Kier molecular flexibility index (Phi) is 4.27. The van der Waals surface area contributed by atoms with E-state index in [1.807, 2.05) is 48.5 Å². The maximum absolute atomic E-state index is 5.97. The fraction of sp³-hybridized carbons (Fsp3) is 0.143. The van der Waals surface area contributed by atoms with Gasteiger partial charge in [0.1, 0.15) is 22.9 Å². The van der Waals surface area contributed by atoms with E-state index in [1.54, 1.807) is 6.07 Å². The third kappa shape index (κ3) is 3.24. The summed E-state index contributed by atoms with van der Waals surface area (Å²) in [6, 6.07) is 19.7. The van der Waals surface area contributed by atoms with Crippen LogP contribution in [0, 0.1) is 0 Å². The molecule has 26 heavy (non-hydrogen) atoms. The summed E-state index contributed by atoms with van der Waals surface area (Å²) >= 11 is 0. The van der Waals surface area contributed by atoms with Crippen LogP contribution >= 0.6 is 0 Å². The van der Waals surface area contributed by atoms with Gasteiger partial charge in [-0.2, -0.15) is 0 Å². The molecule has 0 amide bonds. The first-order valence-corrected chi connectivity index (χ1v) is 8.63. The van der Waals surface area contributed by atoms with Gasteiger partial charge in [-0.05, 0) is 48.7 Å². The fourth-order valence-corrected chi connectivity index (χ4v) is 3.12. The van der Waals surface area contributed by atoms with E-state index in [0.717, 1.165) is 40.4 Å². The zero-order valence-corrected chi connectivity index (χ0v) is 14.4. The van der Waals surface area contributed by atoms with E-state index in [0.29, 0.717) is 18.2 Å². The minimum Gasteiger partial charge on any atom is -0.491 e. The summed E-state index contributed by atoms with van der Waals surface area (Å²) in [6.45, 7) is 0.592. The topological polar surface area (TPSA) is 87.0 Å². The van der Waals surface area contributed by atoms with Crippen LogP contribution in [0.5, 0.6) is 5.75 Å². The Morgan fingerprint density at radius 1 is 0.731 bits per heavy atom. The van der Waals surface area contributed by atoms with Crippen molar-refractivity contribution in [3.8, 4) is 5.75 Å². The van der Waals surface area contributed by atoms with Crippen LogP contribution in [0.1, 0.15) is 12.0 Å². The molecule has 0 saturated carbocycles. The lowest BCUT2D eigenvalue weighted by Crippen LogP contribution is -2.02. The summed E-state index contributed by atoms with van der Waals surface area (Å²) in [4.78, 5) is 8.87. The first-order valence-electron chi connectivity index (χ1n) is 8.63. The fourth-order valence-electron chi connectivity index (χ4n) is 3.12.